The van der Waals surface area contributed by atoms with Gasteiger partial charge in [0.25, 0.3) is 0 Å². The molecule has 1 aromatic carbocycles. The summed E-state index contributed by atoms with van der Waals surface area (Å²) in [5.41, 5.74) is 3.58. The SMILES string of the molecule is Cc1nn(Cc2cccc(Cl)c2Cl)c(C)c1CO. The van der Waals surface area contributed by atoms with Gasteiger partial charge in [0, 0.05) is 11.3 Å². The first-order valence-corrected chi connectivity index (χ1v) is 6.36. The van der Waals surface area contributed by atoms with Crippen LogP contribution in [0.25, 0.3) is 0 Å². The largest absolute Gasteiger partial charge is 0.392 e. The Morgan fingerprint density at radius 2 is 2.00 bits per heavy atom. The molecule has 2 aromatic rings. The summed E-state index contributed by atoms with van der Waals surface area (Å²) in [6.07, 6.45) is 0. The topological polar surface area (TPSA) is 38.0 Å². The molecule has 0 amide bonds. The fraction of sp³-hybridized carbons (Fsp3) is 0.308. The molecule has 1 N–H and O–H groups in total. The standard InChI is InChI=1S/C13H14Cl2N2O/c1-8-11(7-18)9(2)17(16-8)6-10-4-3-5-12(14)13(10)15/h3-5,18H,6-7H2,1-2H3. The van der Waals surface area contributed by atoms with Crippen molar-refractivity contribution in [2.75, 3.05) is 0 Å². The van der Waals surface area contributed by atoms with Crippen molar-refractivity contribution in [3.63, 3.8) is 0 Å². The van der Waals surface area contributed by atoms with E-state index in [4.69, 9.17) is 23.2 Å². The van der Waals surface area contributed by atoms with E-state index in [1.165, 1.54) is 0 Å². The van der Waals surface area contributed by atoms with Gasteiger partial charge in [0.05, 0.1) is 28.9 Å². The Morgan fingerprint density at radius 3 is 2.61 bits per heavy atom. The maximum absolute atomic E-state index is 9.28. The molecule has 0 fully saturated rings. The predicted molar refractivity (Wildman–Crippen MR) is 73.2 cm³/mol. The lowest BCUT2D eigenvalue weighted by Gasteiger charge is -2.08. The molecule has 0 aliphatic carbocycles. The number of benzene rings is 1. The zero-order valence-electron chi connectivity index (χ0n) is 10.2. The zero-order chi connectivity index (χ0) is 13.3. The van der Waals surface area contributed by atoms with Gasteiger partial charge in [0.15, 0.2) is 0 Å². The van der Waals surface area contributed by atoms with Crippen LogP contribution in [0.3, 0.4) is 0 Å². The van der Waals surface area contributed by atoms with Gasteiger partial charge in [-0.1, -0.05) is 35.3 Å². The van der Waals surface area contributed by atoms with Gasteiger partial charge in [0.1, 0.15) is 0 Å². The highest BCUT2D eigenvalue weighted by molar-refractivity contribution is 6.42. The van der Waals surface area contributed by atoms with E-state index in [2.05, 4.69) is 5.10 Å². The number of aliphatic hydroxyl groups is 1. The maximum atomic E-state index is 9.28. The van der Waals surface area contributed by atoms with Gasteiger partial charge in [0.2, 0.25) is 0 Å². The van der Waals surface area contributed by atoms with E-state index in [1.807, 2.05) is 30.7 Å². The molecular weight excluding hydrogens is 271 g/mol. The molecule has 0 unspecified atom stereocenters. The van der Waals surface area contributed by atoms with E-state index in [9.17, 15) is 5.11 Å². The van der Waals surface area contributed by atoms with Gasteiger partial charge >= 0.3 is 0 Å². The molecule has 0 saturated heterocycles. The van der Waals surface area contributed by atoms with Gasteiger partial charge in [-0.3, -0.25) is 4.68 Å². The van der Waals surface area contributed by atoms with Crippen LogP contribution < -0.4 is 0 Å². The molecule has 1 aromatic heterocycles. The van der Waals surface area contributed by atoms with Crippen LogP contribution in [0.15, 0.2) is 18.2 Å². The number of rotatable bonds is 3. The van der Waals surface area contributed by atoms with Gasteiger partial charge < -0.3 is 5.11 Å². The Hall–Kier alpha value is -1.03. The van der Waals surface area contributed by atoms with Crippen LogP contribution >= 0.6 is 23.2 Å². The molecule has 2 rings (SSSR count). The highest BCUT2D eigenvalue weighted by Gasteiger charge is 2.12. The number of halogens is 2. The van der Waals surface area contributed by atoms with Crippen molar-refractivity contribution in [1.82, 2.24) is 9.78 Å². The molecule has 0 aliphatic rings. The smallest absolute Gasteiger partial charge is 0.0718 e. The van der Waals surface area contributed by atoms with Crippen molar-refractivity contribution in [2.24, 2.45) is 0 Å². The summed E-state index contributed by atoms with van der Waals surface area (Å²) in [4.78, 5) is 0. The molecule has 3 nitrogen and oxygen atoms in total. The van der Waals surface area contributed by atoms with E-state index in [0.717, 1.165) is 22.5 Å². The average molecular weight is 285 g/mol. The summed E-state index contributed by atoms with van der Waals surface area (Å²) in [7, 11) is 0. The number of aliphatic hydroxyl groups excluding tert-OH is 1. The second kappa shape index (κ2) is 5.31. The first kappa shape index (κ1) is 13.4. The lowest BCUT2D eigenvalue weighted by atomic mass is 10.2. The molecule has 5 heteroatoms. The molecule has 0 bridgehead atoms. The molecular formula is C13H14Cl2N2O. The third-order valence-electron chi connectivity index (χ3n) is 3.04. The van der Waals surface area contributed by atoms with Crippen LogP contribution in [-0.4, -0.2) is 14.9 Å². The summed E-state index contributed by atoms with van der Waals surface area (Å²) < 4.78 is 1.83. The van der Waals surface area contributed by atoms with E-state index < -0.39 is 0 Å². The molecule has 18 heavy (non-hydrogen) atoms. The summed E-state index contributed by atoms with van der Waals surface area (Å²) in [6, 6.07) is 5.54. The average Bonchev–Trinajstić information content (AvgIpc) is 2.60. The highest BCUT2D eigenvalue weighted by atomic mass is 35.5. The number of aromatic nitrogens is 2. The Bertz CT molecular complexity index is 579. The minimum absolute atomic E-state index is 0.000937. The fourth-order valence-electron chi connectivity index (χ4n) is 1.95. The lowest BCUT2D eigenvalue weighted by Crippen LogP contribution is -2.05. The minimum atomic E-state index is 0.000937. The summed E-state index contributed by atoms with van der Waals surface area (Å²) in [5, 5.41) is 14.8. The van der Waals surface area contributed by atoms with Crippen LogP contribution in [0.2, 0.25) is 10.0 Å². The van der Waals surface area contributed by atoms with Crippen molar-refractivity contribution < 1.29 is 5.11 Å². The van der Waals surface area contributed by atoms with Gasteiger partial charge in [-0.2, -0.15) is 5.10 Å². The third kappa shape index (κ3) is 2.39. The number of nitrogens with zero attached hydrogens (tertiary/aromatic N) is 2. The van der Waals surface area contributed by atoms with Crippen LogP contribution in [0.4, 0.5) is 0 Å². The number of hydrogen-bond acceptors (Lipinski definition) is 2. The van der Waals surface area contributed by atoms with Gasteiger partial charge in [-0.25, -0.2) is 0 Å². The molecule has 0 aliphatic heterocycles. The van der Waals surface area contributed by atoms with Crippen LogP contribution in [0.5, 0.6) is 0 Å². The summed E-state index contributed by atoms with van der Waals surface area (Å²) in [5.74, 6) is 0. The molecule has 0 atom stereocenters. The second-order valence-corrected chi connectivity index (χ2v) is 4.96. The van der Waals surface area contributed by atoms with Crippen molar-refractivity contribution in [3.05, 3.63) is 50.8 Å². The van der Waals surface area contributed by atoms with Gasteiger partial charge in [-0.15, -0.1) is 0 Å². The van der Waals surface area contributed by atoms with E-state index in [0.29, 0.717) is 16.6 Å². The van der Waals surface area contributed by atoms with Gasteiger partial charge in [-0.05, 0) is 25.5 Å². The quantitative estimate of drug-likeness (QED) is 0.939. The van der Waals surface area contributed by atoms with Crippen molar-refractivity contribution in [2.45, 2.75) is 27.0 Å². The number of aryl methyl sites for hydroxylation is 1. The first-order chi connectivity index (χ1) is 8.54. The Morgan fingerprint density at radius 1 is 1.28 bits per heavy atom. The summed E-state index contributed by atoms with van der Waals surface area (Å²) in [6.45, 7) is 4.37. The fourth-order valence-corrected chi connectivity index (χ4v) is 2.33. The minimum Gasteiger partial charge on any atom is -0.392 e. The van der Waals surface area contributed by atoms with Crippen molar-refractivity contribution in [3.8, 4) is 0 Å². The molecule has 0 saturated carbocycles. The van der Waals surface area contributed by atoms with E-state index >= 15 is 0 Å². The molecule has 1 heterocycles. The number of hydrogen-bond donors (Lipinski definition) is 1. The Kier molecular flexibility index (Phi) is 3.95. The zero-order valence-corrected chi connectivity index (χ0v) is 11.8. The van der Waals surface area contributed by atoms with Crippen LogP contribution in [0.1, 0.15) is 22.5 Å². The van der Waals surface area contributed by atoms with Crippen LogP contribution in [0, 0.1) is 13.8 Å². The van der Waals surface area contributed by atoms with Crippen molar-refractivity contribution >= 4 is 23.2 Å². The third-order valence-corrected chi connectivity index (χ3v) is 3.90. The van der Waals surface area contributed by atoms with E-state index in [1.54, 1.807) is 6.07 Å². The monoisotopic (exact) mass is 284 g/mol. The molecule has 96 valence electrons. The molecule has 0 radical (unpaired) electrons. The Labute approximate surface area is 116 Å². The first-order valence-electron chi connectivity index (χ1n) is 5.61. The second-order valence-electron chi connectivity index (χ2n) is 4.18. The lowest BCUT2D eigenvalue weighted by molar-refractivity contribution is 0.280. The van der Waals surface area contributed by atoms with E-state index in [-0.39, 0.29) is 6.61 Å². The van der Waals surface area contributed by atoms with Crippen LogP contribution in [-0.2, 0) is 13.2 Å². The normalized spacial score (nSPS) is 10.9. The maximum Gasteiger partial charge on any atom is 0.0718 e. The Balaban J connectivity index is 2.37. The molecule has 0 spiro atoms. The predicted octanol–water partition coefficient (Wildman–Crippen LogP) is 3.35. The summed E-state index contributed by atoms with van der Waals surface area (Å²) >= 11 is 12.1. The van der Waals surface area contributed by atoms with Crippen molar-refractivity contribution in [1.29, 1.82) is 0 Å². The highest BCUT2D eigenvalue weighted by Crippen LogP contribution is 2.26.